The summed E-state index contributed by atoms with van der Waals surface area (Å²) in [6, 6.07) is 7.62. The van der Waals surface area contributed by atoms with Gasteiger partial charge >= 0.3 is 0 Å². The molecule has 0 spiro atoms. The first-order valence-corrected chi connectivity index (χ1v) is 7.37. The fourth-order valence-electron chi connectivity index (χ4n) is 4.69. The minimum absolute atomic E-state index is 0.651. The maximum Gasteiger partial charge on any atom is 0.0427 e. The molecule has 1 aromatic carbocycles. The van der Waals surface area contributed by atoms with Crippen molar-refractivity contribution in [2.45, 2.75) is 25.8 Å². The van der Waals surface area contributed by atoms with Crippen LogP contribution in [0.25, 0.3) is 0 Å². The average molecular weight is 251 g/mol. The van der Waals surface area contributed by atoms with Crippen LogP contribution >= 0.6 is 0 Å². The first-order chi connectivity index (χ1) is 9.18. The SMILES string of the molecule is Cc1ccc2c(c1)C1C(C)C3C=CC=CC3C1N2C. The number of hydrogen-bond donors (Lipinski definition) is 0. The van der Waals surface area contributed by atoms with E-state index < -0.39 is 0 Å². The van der Waals surface area contributed by atoms with Gasteiger partial charge in [-0.25, -0.2) is 0 Å². The van der Waals surface area contributed by atoms with Gasteiger partial charge in [0.25, 0.3) is 0 Å². The van der Waals surface area contributed by atoms with E-state index in [1.165, 1.54) is 11.3 Å². The number of anilines is 1. The maximum absolute atomic E-state index is 2.53. The summed E-state index contributed by atoms with van der Waals surface area (Å²) in [5.41, 5.74) is 4.42. The Morgan fingerprint density at radius 1 is 1.05 bits per heavy atom. The fraction of sp³-hybridized carbons (Fsp3) is 0.444. The largest absolute Gasteiger partial charge is 0.370 e. The minimum Gasteiger partial charge on any atom is -0.370 e. The van der Waals surface area contributed by atoms with Crippen molar-refractivity contribution in [1.29, 1.82) is 0 Å². The Morgan fingerprint density at radius 3 is 2.58 bits per heavy atom. The van der Waals surface area contributed by atoms with E-state index in [2.05, 4.69) is 68.3 Å². The monoisotopic (exact) mass is 251 g/mol. The van der Waals surface area contributed by atoms with E-state index in [-0.39, 0.29) is 0 Å². The van der Waals surface area contributed by atoms with Gasteiger partial charge in [0.2, 0.25) is 0 Å². The molecule has 1 nitrogen and oxygen atoms in total. The molecule has 1 heterocycles. The molecule has 0 aromatic heterocycles. The van der Waals surface area contributed by atoms with Gasteiger partial charge < -0.3 is 4.90 Å². The van der Waals surface area contributed by atoms with Gasteiger partial charge in [0.05, 0.1) is 0 Å². The molecule has 1 aromatic rings. The Labute approximate surface area is 115 Å². The van der Waals surface area contributed by atoms with Crippen molar-refractivity contribution >= 4 is 5.69 Å². The lowest BCUT2D eigenvalue weighted by molar-refractivity contribution is 0.428. The second kappa shape index (κ2) is 3.75. The molecule has 1 heteroatoms. The Kier molecular flexibility index (Phi) is 2.24. The number of hydrogen-bond acceptors (Lipinski definition) is 1. The summed E-state index contributed by atoms with van der Waals surface area (Å²) in [5.74, 6) is 2.84. The standard InChI is InChI=1S/C18H21N/c1-11-8-9-16-15(10-11)17-12(2)13-6-4-5-7-14(13)18(17)19(16)3/h4-10,12-14,17-18H,1-3H3. The highest BCUT2D eigenvalue weighted by Crippen LogP contribution is 2.57. The minimum atomic E-state index is 0.651. The van der Waals surface area contributed by atoms with E-state index in [1.54, 1.807) is 5.56 Å². The van der Waals surface area contributed by atoms with E-state index in [1.807, 2.05) is 0 Å². The quantitative estimate of drug-likeness (QED) is 0.676. The predicted octanol–water partition coefficient (Wildman–Crippen LogP) is 3.91. The van der Waals surface area contributed by atoms with E-state index >= 15 is 0 Å². The molecule has 1 fully saturated rings. The van der Waals surface area contributed by atoms with Crippen LogP contribution in [0.3, 0.4) is 0 Å². The number of allylic oxidation sites excluding steroid dienone is 3. The van der Waals surface area contributed by atoms with Gasteiger partial charge in [-0.2, -0.15) is 0 Å². The van der Waals surface area contributed by atoms with E-state index in [0.717, 1.165) is 11.8 Å². The van der Waals surface area contributed by atoms with Crippen molar-refractivity contribution in [3.8, 4) is 0 Å². The third-order valence-corrected chi connectivity index (χ3v) is 5.53. The van der Waals surface area contributed by atoms with Crippen LogP contribution in [0.1, 0.15) is 24.0 Å². The van der Waals surface area contributed by atoms with Crippen molar-refractivity contribution < 1.29 is 0 Å². The van der Waals surface area contributed by atoms with Crippen LogP contribution in [0.4, 0.5) is 5.69 Å². The lowest BCUT2D eigenvalue weighted by Gasteiger charge is -2.29. The summed E-state index contributed by atoms with van der Waals surface area (Å²) < 4.78 is 0. The molecule has 0 saturated heterocycles. The molecule has 4 rings (SSSR count). The number of benzene rings is 1. The highest BCUT2D eigenvalue weighted by Gasteiger charge is 2.53. The zero-order valence-electron chi connectivity index (χ0n) is 11.9. The van der Waals surface area contributed by atoms with Crippen molar-refractivity contribution in [2.75, 3.05) is 11.9 Å². The van der Waals surface area contributed by atoms with Crippen LogP contribution < -0.4 is 4.90 Å². The molecule has 2 aliphatic carbocycles. The molecule has 1 aliphatic heterocycles. The molecule has 0 N–H and O–H groups in total. The van der Waals surface area contributed by atoms with Gasteiger partial charge in [-0.3, -0.25) is 0 Å². The number of fused-ring (bicyclic) bond motifs is 5. The third-order valence-electron chi connectivity index (χ3n) is 5.53. The van der Waals surface area contributed by atoms with Crippen LogP contribution in [-0.4, -0.2) is 13.1 Å². The lowest BCUT2D eigenvalue weighted by atomic mass is 9.83. The molecular weight excluding hydrogens is 230 g/mol. The van der Waals surface area contributed by atoms with Gasteiger partial charge in [-0.1, -0.05) is 48.9 Å². The average Bonchev–Trinajstić information content (AvgIpc) is 2.86. The van der Waals surface area contributed by atoms with Crippen LogP contribution in [0, 0.1) is 24.7 Å². The van der Waals surface area contributed by atoms with Gasteiger partial charge in [0, 0.05) is 30.6 Å². The van der Waals surface area contributed by atoms with Crippen LogP contribution in [0.15, 0.2) is 42.5 Å². The van der Waals surface area contributed by atoms with Gasteiger partial charge in [0.1, 0.15) is 0 Å². The second-order valence-electron chi connectivity index (χ2n) is 6.47. The fourth-order valence-corrected chi connectivity index (χ4v) is 4.69. The zero-order chi connectivity index (χ0) is 13.1. The molecule has 3 aliphatic rings. The molecule has 0 amide bonds. The topological polar surface area (TPSA) is 3.24 Å². The number of rotatable bonds is 0. The van der Waals surface area contributed by atoms with Crippen molar-refractivity contribution in [1.82, 2.24) is 0 Å². The Hall–Kier alpha value is -1.50. The van der Waals surface area contributed by atoms with Crippen molar-refractivity contribution in [3.63, 3.8) is 0 Å². The summed E-state index contributed by atoms with van der Waals surface area (Å²) in [5, 5.41) is 0. The summed E-state index contributed by atoms with van der Waals surface area (Å²) in [6.45, 7) is 4.65. The van der Waals surface area contributed by atoms with Crippen LogP contribution in [0.5, 0.6) is 0 Å². The molecular formula is C18H21N. The summed E-state index contributed by atoms with van der Waals surface area (Å²) >= 11 is 0. The molecule has 98 valence electrons. The second-order valence-corrected chi connectivity index (χ2v) is 6.47. The van der Waals surface area contributed by atoms with Gasteiger partial charge in [-0.15, -0.1) is 0 Å². The normalized spacial score (nSPS) is 38.3. The summed E-state index contributed by atoms with van der Waals surface area (Å²) in [6.07, 6.45) is 9.33. The predicted molar refractivity (Wildman–Crippen MR) is 80.5 cm³/mol. The molecule has 19 heavy (non-hydrogen) atoms. The van der Waals surface area contributed by atoms with E-state index in [0.29, 0.717) is 17.9 Å². The smallest absolute Gasteiger partial charge is 0.0427 e. The summed E-state index contributed by atoms with van der Waals surface area (Å²) in [7, 11) is 2.28. The zero-order valence-corrected chi connectivity index (χ0v) is 11.9. The van der Waals surface area contributed by atoms with Crippen LogP contribution in [-0.2, 0) is 0 Å². The van der Waals surface area contributed by atoms with Gasteiger partial charge in [-0.05, 0) is 30.4 Å². The highest BCUT2D eigenvalue weighted by molar-refractivity contribution is 5.64. The Balaban J connectivity index is 1.86. The third kappa shape index (κ3) is 1.36. The molecule has 5 unspecified atom stereocenters. The number of likely N-dealkylation sites (N-methyl/N-ethyl adjacent to an activating group) is 1. The van der Waals surface area contributed by atoms with Gasteiger partial charge in [0.15, 0.2) is 0 Å². The van der Waals surface area contributed by atoms with Crippen molar-refractivity contribution in [2.24, 2.45) is 17.8 Å². The highest BCUT2D eigenvalue weighted by atomic mass is 15.2. The molecule has 1 saturated carbocycles. The Bertz CT molecular complexity index is 583. The number of aryl methyl sites for hydroxylation is 1. The van der Waals surface area contributed by atoms with E-state index in [9.17, 15) is 0 Å². The van der Waals surface area contributed by atoms with Crippen molar-refractivity contribution in [3.05, 3.63) is 53.6 Å². The lowest BCUT2D eigenvalue weighted by Crippen LogP contribution is -2.34. The molecule has 0 radical (unpaired) electrons. The first kappa shape index (κ1) is 11.3. The molecule has 5 atom stereocenters. The first-order valence-electron chi connectivity index (χ1n) is 7.37. The number of nitrogens with zero attached hydrogens (tertiary/aromatic N) is 1. The maximum atomic E-state index is 2.53. The van der Waals surface area contributed by atoms with Crippen LogP contribution in [0.2, 0.25) is 0 Å². The van der Waals surface area contributed by atoms with E-state index in [4.69, 9.17) is 0 Å². The Morgan fingerprint density at radius 2 is 1.79 bits per heavy atom. The molecule has 0 bridgehead atoms. The summed E-state index contributed by atoms with van der Waals surface area (Å²) in [4.78, 5) is 2.53.